The maximum atomic E-state index is 13.0. The molecule has 0 unspecified atom stereocenters. The van der Waals surface area contributed by atoms with Crippen LogP contribution in [0.2, 0.25) is 0 Å². The van der Waals surface area contributed by atoms with E-state index in [1.807, 2.05) is 0 Å². The van der Waals surface area contributed by atoms with Crippen molar-refractivity contribution in [2.24, 2.45) is 0 Å². The van der Waals surface area contributed by atoms with E-state index in [2.05, 4.69) is 24.7 Å². The third kappa shape index (κ3) is 5.86. The Morgan fingerprint density at radius 3 is 1.86 bits per heavy atom. The Labute approximate surface area is 203 Å². The number of anilines is 3. The van der Waals surface area contributed by atoms with Crippen molar-refractivity contribution in [3.05, 3.63) is 66.7 Å². The van der Waals surface area contributed by atoms with Crippen LogP contribution in [0.15, 0.2) is 71.6 Å². The SMILES string of the molecule is COc1cc(Nc2nc3ccccc3nc2NS(=O)(=O)c2ccc(OC(F)(F)F)cc2)cc(OC)c1. The average Bonchev–Trinajstić information content (AvgIpc) is 2.83. The van der Waals surface area contributed by atoms with Crippen molar-refractivity contribution in [3.8, 4) is 17.2 Å². The molecule has 0 saturated carbocycles. The maximum absolute atomic E-state index is 13.0. The van der Waals surface area contributed by atoms with Gasteiger partial charge in [-0.2, -0.15) is 0 Å². The summed E-state index contributed by atoms with van der Waals surface area (Å²) in [5, 5.41) is 3.02. The first-order valence-corrected chi connectivity index (χ1v) is 11.7. The predicted molar refractivity (Wildman–Crippen MR) is 126 cm³/mol. The van der Waals surface area contributed by atoms with Crippen LogP contribution in [0, 0.1) is 0 Å². The molecule has 4 rings (SSSR count). The van der Waals surface area contributed by atoms with Crippen molar-refractivity contribution >= 4 is 38.4 Å². The van der Waals surface area contributed by atoms with Gasteiger partial charge < -0.3 is 19.5 Å². The molecule has 36 heavy (non-hydrogen) atoms. The van der Waals surface area contributed by atoms with Gasteiger partial charge in [0.15, 0.2) is 11.6 Å². The van der Waals surface area contributed by atoms with Crippen molar-refractivity contribution < 1.29 is 35.8 Å². The highest BCUT2D eigenvalue weighted by Gasteiger charge is 2.31. The van der Waals surface area contributed by atoms with Gasteiger partial charge in [0.1, 0.15) is 17.2 Å². The number of hydrogen-bond acceptors (Lipinski definition) is 8. The first-order valence-electron chi connectivity index (χ1n) is 10.2. The first-order chi connectivity index (χ1) is 17.1. The van der Waals surface area contributed by atoms with Crippen LogP contribution in [-0.2, 0) is 10.0 Å². The molecule has 0 fully saturated rings. The van der Waals surface area contributed by atoms with Gasteiger partial charge in [0.2, 0.25) is 0 Å². The number of sulfonamides is 1. The second-order valence-electron chi connectivity index (χ2n) is 7.26. The molecule has 0 saturated heterocycles. The van der Waals surface area contributed by atoms with Gasteiger partial charge in [0.05, 0.1) is 30.1 Å². The van der Waals surface area contributed by atoms with E-state index in [0.29, 0.717) is 28.2 Å². The molecule has 188 valence electrons. The Bertz CT molecular complexity index is 1470. The molecule has 2 N–H and O–H groups in total. The normalized spacial score (nSPS) is 11.7. The van der Waals surface area contributed by atoms with Gasteiger partial charge in [-0.3, -0.25) is 4.72 Å². The van der Waals surface area contributed by atoms with Crippen LogP contribution in [0.3, 0.4) is 0 Å². The Hall–Kier alpha value is -4.26. The number of aromatic nitrogens is 2. The molecule has 0 aliphatic heterocycles. The summed E-state index contributed by atoms with van der Waals surface area (Å²) in [4.78, 5) is 8.56. The fraction of sp³-hybridized carbons (Fsp3) is 0.130. The van der Waals surface area contributed by atoms with Gasteiger partial charge >= 0.3 is 6.36 Å². The van der Waals surface area contributed by atoms with Gasteiger partial charge in [0.25, 0.3) is 10.0 Å². The van der Waals surface area contributed by atoms with Gasteiger partial charge in [-0.15, -0.1) is 13.2 Å². The molecule has 0 bridgehead atoms. The van der Waals surface area contributed by atoms with Gasteiger partial charge in [0, 0.05) is 23.9 Å². The smallest absolute Gasteiger partial charge is 0.497 e. The molecule has 1 aromatic heterocycles. The lowest BCUT2D eigenvalue weighted by Gasteiger charge is -2.15. The van der Waals surface area contributed by atoms with Crippen molar-refractivity contribution in [2.75, 3.05) is 24.3 Å². The predicted octanol–water partition coefficient (Wildman–Crippen LogP) is 5.09. The van der Waals surface area contributed by atoms with Crippen LogP contribution >= 0.6 is 0 Å². The maximum Gasteiger partial charge on any atom is 0.573 e. The standard InChI is InChI=1S/C23H19F3N4O5S/c1-33-16-11-14(12-17(13-16)34-2)27-21-22(29-20-6-4-3-5-19(20)28-21)30-36(31,32)18-9-7-15(8-10-18)35-23(24,25)26/h3-13H,1-2H3,(H,27,28)(H,29,30). The lowest BCUT2D eigenvalue weighted by atomic mass is 10.2. The summed E-state index contributed by atoms with van der Waals surface area (Å²) in [6.07, 6.45) is -4.90. The minimum Gasteiger partial charge on any atom is -0.497 e. The summed E-state index contributed by atoms with van der Waals surface area (Å²) in [7, 11) is -1.29. The van der Waals surface area contributed by atoms with E-state index < -0.39 is 22.1 Å². The van der Waals surface area contributed by atoms with Crippen LogP contribution in [0.1, 0.15) is 0 Å². The fourth-order valence-corrected chi connectivity index (χ4v) is 4.19. The number of benzene rings is 3. The van der Waals surface area contributed by atoms with Crippen LogP contribution in [0.5, 0.6) is 17.2 Å². The summed E-state index contributed by atoms with van der Waals surface area (Å²) in [6.45, 7) is 0. The van der Waals surface area contributed by atoms with Crippen LogP contribution in [-0.4, -0.2) is 39.0 Å². The van der Waals surface area contributed by atoms with E-state index in [-0.39, 0.29) is 16.5 Å². The average molecular weight is 520 g/mol. The van der Waals surface area contributed by atoms with Gasteiger partial charge in [-0.05, 0) is 36.4 Å². The molecule has 0 atom stereocenters. The van der Waals surface area contributed by atoms with Crippen LogP contribution < -0.4 is 24.2 Å². The van der Waals surface area contributed by atoms with Crippen molar-refractivity contribution in [3.63, 3.8) is 0 Å². The van der Waals surface area contributed by atoms with E-state index in [1.54, 1.807) is 42.5 Å². The zero-order valence-electron chi connectivity index (χ0n) is 18.8. The number of ether oxygens (including phenoxy) is 3. The Balaban J connectivity index is 1.71. The second kappa shape index (κ2) is 9.77. The second-order valence-corrected chi connectivity index (χ2v) is 8.94. The molecule has 0 aliphatic rings. The molecule has 9 nitrogen and oxygen atoms in total. The zero-order valence-corrected chi connectivity index (χ0v) is 19.6. The van der Waals surface area contributed by atoms with Crippen molar-refractivity contribution in [1.82, 2.24) is 9.97 Å². The number of alkyl halides is 3. The van der Waals surface area contributed by atoms with Crippen molar-refractivity contribution in [2.45, 2.75) is 11.3 Å². The molecule has 0 aliphatic carbocycles. The third-order valence-corrected chi connectivity index (χ3v) is 6.14. The Morgan fingerprint density at radius 1 is 0.778 bits per heavy atom. The highest BCUT2D eigenvalue weighted by Crippen LogP contribution is 2.32. The van der Waals surface area contributed by atoms with Crippen LogP contribution in [0.25, 0.3) is 11.0 Å². The number of nitrogens with zero attached hydrogens (tertiary/aromatic N) is 2. The molecule has 1 heterocycles. The largest absolute Gasteiger partial charge is 0.573 e. The molecule has 0 amide bonds. The molecular formula is C23H19F3N4O5S. The van der Waals surface area contributed by atoms with E-state index >= 15 is 0 Å². The number of halogens is 3. The molecular weight excluding hydrogens is 501 g/mol. The third-order valence-electron chi connectivity index (χ3n) is 4.78. The summed E-state index contributed by atoms with van der Waals surface area (Å²) in [5.41, 5.74) is 1.38. The molecule has 3 aromatic carbocycles. The van der Waals surface area contributed by atoms with Crippen LogP contribution in [0.4, 0.5) is 30.5 Å². The Morgan fingerprint density at radius 2 is 1.33 bits per heavy atom. The lowest BCUT2D eigenvalue weighted by Crippen LogP contribution is -2.18. The van der Waals surface area contributed by atoms with E-state index in [4.69, 9.17) is 9.47 Å². The summed E-state index contributed by atoms with van der Waals surface area (Å²) < 4.78 is 80.0. The lowest BCUT2D eigenvalue weighted by molar-refractivity contribution is -0.274. The van der Waals surface area contributed by atoms with E-state index in [0.717, 1.165) is 24.3 Å². The Kier molecular flexibility index (Phi) is 6.75. The number of para-hydroxylation sites is 2. The zero-order chi connectivity index (χ0) is 25.9. The highest BCUT2D eigenvalue weighted by atomic mass is 32.2. The van der Waals surface area contributed by atoms with Crippen molar-refractivity contribution in [1.29, 1.82) is 0 Å². The number of fused-ring (bicyclic) bond motifs is 1. The van der Waals surface area contributed by atoms with E-state index in [9.17, 15) is 21.6 Å². The molecule has 0 spiro atoms. The summed E-state index contributed by atoms with van der Waals surface area (Å²) in [6, 6.07) is 15.6. The van der Waals surface area contributed by atoms with E-state index in [1.165, 1.54) is 14.2 Å². The topological polar surface area (TPSA) is 112 Å². The highest BCUT2D eigenvalue weighted by molar-refractivity contribution is 7.92. The number of hydrogen-bond donors (Lipinski definition) is 2. The fourth-order valence-electron chi connectivity index (χ4n) is 3.18. The minimum atomic E-state index is -4.90. The molecule has 0 radical (unpaired) electrons. The minimum absolute atomic E-state index is 0.0737. The monoisotopic (exact) mass is 520 g/mol. The number of rotatable bonds is 8. The first kappa shape index (κ1) is 24.9. The molecule has 4 aromatic rings. The number of nitrogens with one attached hydrogen (secondary N) is 2. The molecule has 13 heteroatoms. The summed E-state index contributed by atoms with van der Waals surface area (Å²) in [5.74, 6) is 0.347. The number of methoxy groups -OCH3 is 2. The summed E-state index contributed by atoms with van der Waals surface area (Å²) >= 11 is 0. The van der Waals surface area contributed by atoms with Gasteiger partial charge in [-0.25, -0.2) is 18.4 Å². The quantitative estimate of drug-likeness (QED) is 0.331. The van der Waals surface area contributed by atoms with Gasteiger partial charge in [-0.1, -0.05) is 12.1 Å².